The highest BCUT2D eigenvalue weighted by Crippen LogP contribution is 2.11. The van der Waals surface area contributed by atoms with Crippen LogP contribution in [-0.2, 0) is 11.3 Å². The molecule has 1 atom stereocenters. The number of nitrogens with one attached hydrogen (secondary N) is 2. The molecular weight excluding hydrogens is 250 g/mol. The SMILES string of the molecule is O=C(NCc1cc(F)ccc1F)C1CCCCCN1. The van der Waals surface area contributed by atoms with Crippen molar-refractivity contribution in [3.63, 3.8) is 0 Å². The van der Waals surface area contributed by atoms with Crippen LogP contribution in [-0.4, -0.2) is 18.5 Å². The van der Waals surface area contributed by atoms with E-state index in [4.69, 9.17) is 0 Å². The van der Waals surface area contributed by atoms with Gasteiger partial charge >= 0.3 is 0 Å². The summed E-state index contributed by atoms with van der Waals surface area (Å²) in [6.07, 6.45) is 3.99. The molecule has 0 aromatic heterocycles. The van der Waals surface area contributed by atoms with E-state index >= 15 is 0 Å². The number of hydrogen-bond acceptors (Lipinski definition) is 2. The smallest absolute Gasteiger partial charge is 0.237 e. The maximum Gasteiger partial charge on any atom is 0.237 e. The lowest BCUT2D eigenvalue weighted by Gasteiger charge is -2.15. The molecular formula is C14H18F2N2O. The molecule has 19 heavy (non-hydrogen) atoms. The lowest BCUT2D eigenvalue weighted by atomic mass is 10.1. The molecule has 1 aromatic rings. The van der Waals surface area contributed by atoms with Crippen molar-refractivity contribution < 1.29 is 13.6 Å². The van der Waals surface area contributed by atoms with Crippen molar-refractivity contribution in [3.05, 3.63) is 35.4 Å². The molecule has 1 amide bonds. The Hall–Kier alpha value is -1.49. The number of benzene rings is 1. The summed E-state index contributed by atoms with van der Waals surface area (Å²) >= 11 is 0. The molecule has 0 aliphatic carbocycles. The van der Waals surface area contributed by atoms with Gasteiger partial charge in [-0.15, -0.1) is 0 Å². The first-order chi connectivity index (χ1) is 9.16. The van der Waals surface area contributed by atoms with Gasteiger partial charge in [0.25, 0.3) is 0 Å². The molecule has 0 spiro atoms. The summed E-state index contributed by atoms with van der Waals surface area (Å²) in [5.74, 6) is -1.15. The van der Waals surface area contributed by atoms with Crippen molar-refractivity contribution >= 4 is 5.91 Å². The van der Waals surface area contributed by atoms with Crippen LogP contribution in [0.15, 0.2) is 18.2 Å². The fourth-order valence-electron chi connectivity index (χ4n) is 2.24. The Labute approximate surface area is 111 Å². The Morgan fingerprint density at radius 3 is 3.00 bits per heavy atom. The van der Waals surface area contributed by atoms with Crippen LogP contribution < -0.4 is 10.6 Å². The fourth-order valence-corrected chi connectivity index (χ4v) is 2.24. The first-order valence-electron chi connectivity index (χ1n) is 6.62. The van der Waals surface area contributed by atoms with Crippen LogP contribution in [0.2, 0.25) is 0 Å². The third-order valence-electron chi connectivity index (χ3n) is 3.34. The number of amides is 1. The Morgan fingerprint density at radius 2 is 2.16 bits per heavy atom. The van der Waals surface area contributed by atoms with Gasteiger partial charge in [-0.2, -0.15) is 0 Å². The molecule has 1 saturated heterocycles. The molecule has 1 aliphatic rings. The highest BCUT2D eigenvalue weighted by Gasteiger charge is 2.19. The van der Waals surface area contributed by atoms with Gasteiger partial charge in [0.05, 0.1) is 6.04 Å². The van der Waals surface area contributed by atoms with Crippen LogP contribution in [0, 0.1) is 11.6 Å². The maximum atomic E-state index is 13.4. The van der Waals surface area contributed by atoms with Gasteiger partial charge in [-0.1, -0.05) is 12.8 Å². The van der Waals surface area contributed by atoms with E-state index in [1.54, 1.807) is 0 Å². The fraction of sp³-hybridized carbons (Fsp3) is 0.500. The standard InChI is InChI=1S/C14H18F2N2O/c15-11-5-6-12(16)10(8-11)9-18-14(19)13-4-2-1-3-7-17-13/h5-6,8,13,17H,1-4,7,9H2,(H,18,19). The summed E-state index contributed by atoms with van der Waals surface area (Å²) in [7, 11) is 0. The average molecular weight is 268 g/mol. The van der Waals surface area contributed by atoms with Crippen molar-refractivity contribution in [3.8, 4) is 0 Å². The van der Waals surface area contributed by atoms with Crippen LogP contribution in [0.5, 0.6) is 0 Å². The lowest BCUT2D eigenvalue weighted by Crippen LogP contribution is -2.43. The zero-order chi connectivity index (χ0) is 13.7. The number of hydrogen-bond donors (Lipinski definition) is 2. The van der Waals surface area contributed by atoms with E-state index in [0.717, 1.165) is 50.4 Å². The van der Waals surface area contributed by atoms with Crippen molar-refractivity contribution in [2.45, 2.75) is 38.3 Å². The monoisotopic (exact) mass is 268 g/mol. The van der Waals surface area contributed by atoms with Crippen molar-refractivity contribution in [1.29, 1.82) is 0 Å². The second-order valence-corrected chi connectivity index (χ2v) is 4.81. The molecule has 0 radical (unpaired) electrons. The largest absolute Gasteiger partial charge is 0.351 e. The molecule has 1 heterocycles. The minimum atomic E-state index is -0.504. The molecule has 2 N–H and O–H groups in total. The van der Waals surface area contributed by atoms with E-state index in [2.05, 4.69) is 10.6 Å². The molecule has 0 saturated carbocycles. The normalized spacial score (nSPS) is 19.8. The summed E-state index contributed by atoms with van der Waals surface area (Å²) in [6.45, 7) is 0.840. The van der Waals surface area contributed by atoms with Gasteiger partial charge in [0.2, 0.25) is 5.91 Å². The van der Waals surface area contributed by atoms with Crippen LogP contribution >= 0.6 is 0 Å². The number of halogens is 2. The number of carbonyl (C=O) groups excluding carboxylic acids is 1. The minimum absolute atomic E-state index is 0.0145. The first-order valence-corrected chi connectivity index (χ1v) is 6.62. The van der Waals surface area contributed by atoms with Gasteiger partial charge in [0.15, 0.2) is 0 Å². The van der Waals surface area contributed by atoms with E-state index in [1.807, 2.05) is 0 Å². The predicted octanol–water partition coefficient (Wildman–Crippen LogP) is 2.11. The maximum absolute atomic E-state index is 13.4. The summed E-state index contributed by atoms with van der Waals surface area (Å²) in [4.78, 5) is 11.9. The topological polar surface area (TPSA) is 41.1 Å². The Kier molecular flexibility index (Phi) is 4.85. The van der Waals surface area contributed by atoms with Crippen LogP contribution in [0.3, 0.4) is 0 Å². The van der Waals surface area contributed by atoms with E-state index < -0.39 is 11.6 Å². The molecule has 1 aliphatic heterocycles. The minimum Gasteiger partial charge on any atom is -0.351 e. The molecule has 1 aromatic carbocycles. The summed E-state index contributed by atoms with van der Waals surface area (Å²) < 4.78 is 26.4. The molecule has 1 fully saturated rings. The van der Waals surface area contributed by atoms with Gasteiger partial charge in [-0.25, -0.2) is 8.78 Å². The average Bonchev–Trinajstić information content (AvgIpc) is 2.68. The number of rotatable bonds is 3. The summed E-state index contributed by atoms with van der Waals surface area (Å²) in [6, 6.07) is 3.02. The van der Waals surface area contributed by atoms with Crippen molar-refractivity contribution in [2.75, 3.05) is 6.54 Å². The predicted molar refractivity (Wildman–Crippen MR) is 68.5 cm³/mol. The van der Waals surface area contributed by atoms with Crippen molar-refractivity contribution in [2.24, 2.45) is 0 Å². The summed E-state index contributed by atoms with van der Waals surface area (Å²) in [5.41, 5.74) is 0.168. The Bertz CT molecular complexity index is 443. The lowest BCUT2D eigenvalue weighted by molar-refractivity contribution is -0.123. The van der Waals surface area contributed by atoms with Crippen LogP contribution in [0.4, 0.5) is 8.78 Å². The van der Waals surface area contributed by atoms with E-state index in [9.17, 15) is 13.6 Å². The van der Waals surface area contributed by atoms with E-state index in [1.165, 1.54) is 0 Å². The Morgan fingerprint density at radius 1 is 1.32 bits per heavy atom. The van der Waals surface area contributed by atoms with Gasteiger partial charge in [0, 0.05) is 12.1 Å². The third kappa shape index (κ3) is 3.99. The molecule has 3 nitrogen and oxygen atoms in total. The zero-order valence-electron chi connectivity index (χ0n) is 10.7. The van der Waals surface area contributed by atoms with Crippen LogP contribution in [0.25, 0.3) is 0 Å². The zero-order valence-corrected chi connectivity index (χ0v) is 10.7. The van der Waals surface area contributed by atoms with Gasteiger partial charge in [0.1, 0.15) is 11.6 Å². The number of carbonyl (C=O) groups is 1. The van der Waals surface area contributed by atoms with Crippen LogP contribution in [0.1, 0.15) is 31.2 Å². The van der Waals surface area contributed by atoms with E-state index in [0.29, 0.717) is 0 Å². The van der Waals surface area contributed by atoms with Gasteiger partial charge < -0.3 is 10.6 Å². The van der Waals surface area contributed by atoms with Crippen molar-refractivity contribution in [1.82, 2.24) is 10.6 Å². The second-order valence-electron chi connectivity index (χ2n) is 4.81. The van der Waals surface area contributed by atoms with Gasteiger partial charge in [-0.3, -0.25) is 4.79 Å². The second kappa shape index (κ2) is 6.61. The molecule has 5 heteroatoms. The Balaban J connectivity index is 1.90. The van der Waals surface area contributed by atoms with E-state index in [-0.39, 0.29) is 24.1 Å². The molecule has 104 valence electrons. The molecule has 2 rings (SSSR count). The quantitative estimate of drug-likeness (QED) is 0.881. The van der Waals surface area contributed by atoms with Gasteiger partial charge in [-0.05, 0) is 37.6 Å². The third-order valence-corrected chi connectivity index (χ3v) is 3.34. The highest BCUT2D eigenvalue weighted by atomic mass is 19.1. The summed E-state index contributed by atoms with van der Waals surface area (Å²) in [5, 5.41) is 5.82. The highest BCUT2D eigenvalue weighted by molar-refractivity contribution is 5.81. The first kappa shape index (κ1) is 13.9. The molecule has 0 bridgehead atoms. The molecule has 1 unspecified atom stereocenters.